The summed E-state index contributed by atoms with van der Waals surface area (Å²) in [4.78, 5) is 29.0. The molecule has 7 heteroatoms. The molecule has 3 aromatic rings. The standard InChI is InChI=1S/C18H18N2O3S2/c21-16(19-11-13-5-4-10-24-13)12-23-18(22)9-3-8-17-20-14-6-1-2-7-15(14)25-17/h1-2,4-7,10H,3,8-9,11-12H2,(H,19,21). The molecule has 5 nitrogen and oxygen atoms in total. The molecule has 0 aliphatic rings. The van der Waals surface area contributed by atoms with Gasteiger partial charge in [-0.3, -0.25) is 9.59 Å². The molecule has 0 saturated carbocycles. The van der Waals surface area contributed by atoms with Gasteiger partial charge in [-0.2, -0.15) is 0 Å². The summed E-state index contributed by atoms with van der Waals surface area (Å²) in [5, 5.41) is 5.69. The monoisotopic (exact) mass is 374 g/mol. The van der Waals surface area contributed by atoms with E-state index in [2.05, 4.69) is 10.3 Å². The third-order valence-electron chi connectivity index (χ3n) is 3.51. The van der Waals surface area contributed by atoms with E-state index >= 15 is 0 Å². The highest BCUT2D eigenvalue weighted by atomic mass is 32.1. The van der Waals surface area contributed by atoms with Crippen LogP contribution in [0.1, 0.15) is 22.7 Å². The van der Waals surface area contributed by atoms with Crippen LogP contribution in [-0.4, -0.2) is 23.5 Å². The summed E-state index contributed by atoms with van der Waals surface area (Å²) in [5.41, 5.74) is 0.993. The van der Waals surface area contributed by atoms with Crippen LogP contribution in [0.25, 0.3) is 10.2 Å². The number of carbonyl (C=O) groups is 2. The zero-order valence-electron chi connectivity index (χ0n) is 13.6. The van der Waals surface area contributed by atoms with Gasteiger partial charge in [-0.05, 0) is 36.4 Å². The second-order valence-electron chi connectivity index (χ2n) is 5.45. The van der Waals surface area contributed by atoms with Crippen LogP contribution >= 0.6 is 22.7 Å². The van der Waals surface area contributed by atoms with Crippen LogP contribution in [-0.2, 0) is 27.3 Å². The lowest BCUT2D eigenvalue weighted by atomic mass is 10.2. The average molecular weight is 374 g/mol. The highest BCUT2D eigenvalue weighted by Gasteiger charge is 2.09. The van der Waals surface area contributed by atoms with E-state index in [9.17, 15) is 9.59 Å². The molecule has 130 valence electrons. The van der Waals surface area contributed by atoms with Crippen molar-refractivity contribution in [3.8, 4) is 0 Å². The Morgan fingerprint density at radius 1 is 1.16 bits per heavy atom. The average Bonchev–Trinajstić information content (AvgIpc) is 3.27. The number of aromatic nitrogens is 1. The van der Waals surface area contributed by atoms with Crippen molar-refractivity contribution < 1.29 is 14.3 Å². The van der Waals surface area contributed by atoms with Gasteiger partial charge in [0.1, 0.15) is 0 Å². The Bertz CT molecular complexity index is 810. The highest BCUT2D eigenvalue weighted by Crippen LogP contribution is 2.22. The number of amides is 1. The first-order valence-corrected chi connectivity index (χ1v) is 9.69. The summed E-state index contributed by atoms with van der Waals surface area (Å²) in [6.45, 7) is 0.233. The lowest BCUT2D eigenvalue weighted by Crippen LogP contribution is -2.28. The number of para-hydroxylation sites is 1. The quantitative estimate of drug-likeness (QED) is 0.613. The van der Waals surface area contributed by atoms with Gasteiger partial charge in [-0.25, -0.2) is 4.98 Å². The van der Waals surface area contributed by atoms with Crippen molar-refractivity contribution in [2.24, 2.45) is 0 Å². The zero-order valence-corrected chi connectivity index (χ0v) is 15.2. The Morgan fingerprint density at radius 3 is 2.84 bits per heavy atom. The van der Waals surface area contributed by atoms with E-state index in [0.717, 1.165) is 26.5 Å². The lowest BCUT2D eigenvalue weighted by molar-refractivity contribution is -0.148. The number of aryl methyl sites for hydroxylation is 1. The topological polar surface area (TPSA) is 68.3 Å². The van der Waals surface area contributed by atoms with Crippen molar-refractivity contribution in [3.63, 3.8) is 0 Å². The third kappa shape index (κ3) is 5.37. The summed E-state index contributed by atoms with van der Waals surface area (Å²) in [7, 11) is 0. The van der Waals surface area contributed by atoms with Gasteiger partial charge in [0.05, 0.1) is 21.8 Å². The fourth-order valence-electron chi connectivity index (χ4n) is 2.28. The molecule has 0 radical (unpaired) electrons. The molecule has 25 heavy (non-hydrogen) atoms. The second kappa shape index (κ2) is 8.73. The molecule has 0 unspecified atom stereocenters. The van der Waals surface area contributed by atoms with Gasteiger partial charge < -0.3 is 10.1 Å². The van der Waals surface area contributed by atoms with Crippen molar-refractivity contribution in [1.82, 2.24) is 10.3 Å². The highest BCUT2D eigenvalue weighted by molar-refractivity contribution is 7.18. The Kier molecular flexibility index (Phi) is 6.14. The van der Waals surface area contributed by atoms with E-state index in [0.29, 0.717) is 13.0 Å². The molecule has 2 aromatic heterocycles. The molecular formula is C18H18N2O3S2. The lowest BCUT2D eigenvalue weighted by Gasteiger charge is -2.05. The Labute approximate surface area is 153 Å². The number of thiophene rings is 1. The Hall–Kier alpha value is -2.25. The SMILES string of the molecule is O=C(COC(=O)CCCc1nc2ccccc2s1)NCc1cccs1. The molecule has 0 aliphatic carbocycles. The van der Waals surface area contributed by atoms with E-state index in [4.69, 9.17) is 4.74 Å². The molecule has 2 heterocycles. The van der Waals surface area contributed by atoms with E-state index in [1.807, 2.05) is 41.8 Å². The van der Waals surface area contributed by atoms with E-state index in [-0.39, 0.29) is 24.9 Å². The number of hydrogen-bond donors (Lipinski definition) is 1. The number of fused-ring (bicyclic) bond motifs is 1. The summed E-state index contributed by atoms with van der Waals surface area (Å²) >= 11 is 3.22. The molecule has 3 rings (SSSR count). The number of carbonyl (C=O) groups excluding carboxylic acids is 2. The van der Waals surface area contributed by atoms with Gasteiger partial charge in [-0.1, -0.05) is 18.2 Å². The maximum absolute atomic E-state index is 11.7. The Morgan fingerprint density at radius 2 is 2.04 bits per heavy atom. The van der Waals surface area contributed by atoms with Crippen LogP contribution in [0.4, 0.5) is 0 Å². The number of hydrogen-bond acceptors (Lipinski definition) is 6. The van der Waals surface area contributed by atoms with E-state index in [1.165, 1.54) is 0 Å². The number of nitrogens with zero attached hydrogens (tertiary/aromatic N) is 1. The van der Waals surface area contributed by atoms with Gasteiger partial charge in [0.15, 0.2) is 6.61 Å². The van der Waals surface area contributed by atoms with Crippen LogP contribution in [0.5, 0.6) is 0 Å². The van der Waals surface area contributed by atoms with Gasteiger partial charge in [0.25, 0.3) is 5.91 Å². The number of rotatable bonds is 8. The minimum atomic E-state index is -0.354. The minimum Gasteiger partial charge on any atom is -0.456 e. The predicted molar refractivity (Wildman–Crippen MR) is 99.7 cm³/mol. The van der Waals surface area contributed by atoms with Gasteiger partial charge in [0, 0.05) is 11.3 Å². The first kappa shape index (κ1) is 17.6. The Balaban J connectivity index is 1.33. The number of esters is 1. The normalized spacial score (nSPS) is 10.7. The van der Waals surface area contributed by atoms with Crippen molar-refractivity contribution in [2.45, 2.75) is 25.8 Å². The van der Waals surface area contributed by atoms with Crippen LogP contribution in [0.15, 0.2) is 41.8 Å². The van der Waals surface area contributed by atoms with Crippen LogP contribution in [0, 0.1) is 0 Å². The molecule has 0 saturated heterocycles. The molecule has 1 amide bonds. The summed E-state index contributed by atoms with van der Waals surface area (Å²) < 4.78 is 6.16. The number of ether oxygens (including phenoxy) is 1. The molecule has 0 fully saturated rings. The minimum absolute atomic E-state index is 0.231. The molecule has 1 N–H and O–H groups in total. The summed E-state index contributed by atoms with van der Waals surface area (Å²) in [5.74, 6) is -0.639. The maximum Gasteiger partial charge on any atom is 0.306 e. The fourth-order valence-corrected chi connectivity index (χ4v) is 3.93. The first-order valence-electron chi connectivity index (χ1n) is 8.00. The van der Waals surface area contributed by atoms with Crippen molar-refractivity contribution >= 4 is 44.8 Å². The van der Waals surface area contributed by atoms with Crippen molar-refractivity contribution in [3.05, 3.63) is 51.7 Å². The van der Waals surface area contributed by atoms with Crippen LogP contribution in [0.3, 0.4) is 0 Å². The van der Waals surface area contributed by atoms with E-state index in [1.54, 1.807) is 22.7 Å². The van der Waals surface area contributed by atoms with Gasteiger partial charge in [0.2, 0.25) is 0 Å². The molecule has 1 aromatic carbocycles. The fraction of sp³-hybridized carbons (Fsp3) is 0.278. The number of nitrogens with one attached hydrogen (secondary N) is 1. The first-order chi connectivity index (χ1) is 12.2. The summed E-state index contributed by atoms with van der Waals surface area (Å²) in [6, 6.07) is 11.9. The third-order valence-corrected chi connectivity index (χ3v) is 5.49. The smallest absolute Gasteiger partial charge is 0.306 e. The predicted octanol–water partition coefficient (Wildman–Crippen LogP) is 3.54. The van der Waals surface area contributed by atoms with E-state index < -0.39 is 0 Å². The molecule has 0 atom stereocenters. The van der Waals surface area contributed by atoms with Crippen LogP contribution < -0.4 is 5.32 Å². The van der Waals surface area contributed by atoms with Crippen molar-refractivity contribution in [2.75, 3.05) is 6.61 Å². The number of benzene rings is 1. The number of thiazole rings is 1. The molecule has 0 bridgehead atoms. The maximum atomic E-state index is 11.7. The second-order valence-corrected chi connectivity index (χ2v) is 7.59. The summed E-state index contributed by atoms with van der Waals surface area (Å²) in [6.07, 6.45) is 1.68. The van der Waals surface area contributed by atoms with Gasteiger partial charge in [-0.15, -0.1) is 22.7 Å². The largest absolute Gasteiger partial charge is 0.456 e. The van der Waals surface area contributed by atoms with Gasteiger partial charge >= 0.3 is 5.97 Å². The molecule has 0 spiro atoms. The van der Waals surface area contributed by atoms with Crippen molar-refractivity contribution in [1.29, 1.82) is 0 Å². The van der Waals surface area contributed by atoms with Crippen LogP contribution in [0.2, 0.25) is 0 Å². The molecular weight excluding hydrogens is 356 g/mol. The zero-order chi connectivity index (χ0) is 17.5. The molecule has 0 aliphatic heterocycles.